The molecule has 174 valence electrons. The highest BCUT2D eigenvalue weighted by molar-refractivity contribution is 6.12. The van der Waals surface area contributed by atoms with Gasteiger partial charge in [-0.05, 0) is 11.1 Å². The van der Waals surface area contributed by atoms with Crippen molar-refractivity contribution in [2.24, 2.45) is 5.10 Å². The summed E-state index contributed by atoms with van der Waals surface area (Å²) in [6, 6.07) is 23.6. The zero-order valence-corrected chi connectivity index (χ0v) is 19.0. The average molecular weight is 467 g/mol. The number of hydrogen-bond acceptors (Lipinski definition) is 6. The molecule has 0 aliphatic carbocycles. The number of imidazole rings is 1. The summed E-state index contributed by atoms with van der Waals surface area (Å²) < 4.78 is 1.31. The van der Waals surface area contributed by atoms with E-state index in [0.717, 1.165) is 21.6 Å². The van der Waals surface area contributed by atoms with E-state index in [9.17, 15) is 19.7 Å². The lowest BCUT2D eigenvalue weighted by molar-refractivity contribution is -0.384. The van der Waals surface area contributed by atoms with Crippen LogP contribution in [0, 0.1) is 10.1 Å². The number of benzene rings is 3. The van der Waals surface area contributed by atoms with Gasteiger partial charge in [0.25, 0.3) is 5.69 Å². The maximum atomic E-state index is 12.2. The fraction of sp³-hybridized carbons (Fsp3) is 0.0769. The van der Waals surface area contributed by atoms with E-state index in [4.69, 9.17) is 0 Å². The summed E-state index contributed by atoms with van der Waals surface area (Å²) in [5, 5.41) is 15.4. The van der Waals surface area contributed by atoms with Crippen LogP contribution in [0.5, 0.6) is 0 Å². The predicted octanol–water partition coefficient (Wildman–Crippen LogP) is 4.91. The van der Waals surface area contributed by atoms with E-state index in [1.165, 1.54) is 36.9 Å². The maximum Gasteiger partial charge on any atom is 0.270 e. The minimum Gasteiger partial charge on any atom is -0.274 e. The lowest BCUT2D eigenvalue weighted by Crippen LogP contribution is -2.35. The molecule has 2 amide bonds. The number of non-ortho nitro benzene ring substituents is 1. The monoisotopic (exact) mass is 467 g/mol. The van der Waals surface area contributed by atoms with Crippen LogP contribution in [0.2, 0.25) is 0 Å². The second-order valence-electron chi connectivity index (χ2n) is 7.68. The van der Waals surface area contributed by atoms with Crippen LogP contribution in [0.25, 0.3) is 22.4 Å². The SMILES string of the molecule is CC(=O)N(C(C)=O)c1nc(-c2ccc(-c3ccccc3)cc2)cn1N=Cc1cccc([N+](=O)[O-])c1. The molecule has 0 spiro atoms. The molecule has 0 N–H and O–H groups in total. The summed E-state index contributed by atoms with van der Waals surface area (Å²) in [4.78, 5) is 40.4. The Kier molecular flexibility index (Phi) is 6.59. The van der Waals surface area contributed by atoms with E-state index < -0.39 is 16.7 Å². The van der Waals surface area contributed by atoms with Gasteiger partial charge in [-0.15, -0.1) is 0 Å². The van der Waals surface area contributed by atoms with Gasteiger partial charge < -0.3 is 0 Å². The summed E-state index contributed by atoms with van der Waals surface area (Å²) in [6.07, 6.45) is 3.00. The predicted molar refractivity (Wildman–Crippen MR) is 133 cm³/mol. The fourth-order valence-corrected chi connectivity index (χ4v) is 3.55. The Morgan fingerprint density at radius 3 is 2.17 bits per heavy atom. The van der Waals surface area contributed by atoms with Gasteiger partial charge in [0.05, 0.1) is 23.0 Å². The highest BCUT2D eigenvalue weighted by Gasteiger charge is 2.23. The van der Waals surface area contributed by atoms with Crippen molar-refractivity contribution in [3.8, 4) is 22.4 Å². The number of imide groups is 1. The molecular weight excluding hydrogens is 446 g/mol. The zero-order chi connectivity index (χ0) is 24.9. The Morgan fingerprint density at radius 1 is 0.914 bits per heavy atom. The molecule has 0 saturated heterocycles. The van der Waals surface area contributed by atoms with E-state index in [1.807, 2.05) is 54.6 Å². The highest BCUT2D eigenvalue weighted by atomic mass is 16.6. The Bertz CT molecular complexity index is 1410. The molecule has 9 nitrogen and oxygen atoms in total. The Hall–Kier alpha value is -4.92. The quantitative estimate of drug-likeness (QED) is 0.227. The van der Waals surface area contributed by atoms with Crippen molar-refractivity contribution in [3.05, 3.63) is 101 Å². The number of carbonyl (C=O) groups excluding carboxylic acids is 2. The molecule has 35 heavy (non-hydrogen) atoms. The summed E-state index contributed by atoms with van der Waals surface area (Å²) in [6.45, 7) is 2.53. The van der Waals surface area contributed by atoms with Crippen LogP contribution in [0.1, 0.15) is 19.4 Å². The van der Waals surface area contributed by atoms with Crippen LogP contribution < -0.4 is 4.90 Å². The van der Waals surface area contributed by atoms with Crippen LogP contribution in [0.15, 0.2) is 90.2 Å². The molecular formula is C26H21N5O4. The number of nitrogens with zero attached hydrogens (tertiary/aromatic N) is 5. The van der Waals surface area contributed by atoms with Crippen molar-refractivity contribution in [1.82, 2.24) is 9.66 Å². The van der Waals surface area contributed by atoms with E-state index in [0.29, 0.717) is 11.3 Å². The van der Waals surface area contributed by atoms with Crippen LogP contribution >= 0.6 is 0 Å². The number of amides is 2. The first kappa shape index (κ1) is 23.2. The van der Waals surface area contributed by atoms with Crippen molar-refractivity contribution >= 4 is 29.7 Å². The van der Waals surface area contributed by atoms with Crippen LogP contribution in [-0.4, -0.2) is 32.6 Å². The van der Waals surface area contributed by atoms with E-state index >= 15 is 0 Å². The first-order valence-corrected chi connectivity index (χ1v) is 10.7. The summed E-state index contributed by atoms with van der Waals surface area (Å²) in [7, 11) is 0. The molecule has 0 bridgehead atoms. The van der Waals surface area contributed by atoms with Crippen molar-refractivity contribution in [1.29, 1.82) is 0 Å². The van der Waals surface area contributed by atoms with Crippen LogP contribution in [-0.2, 0) is 9.59 Å². The first-order valence-electron chi connectivity index (χ1n) is 10.7. The molecule has 4 rings (SSSR count). The molecule has 0 unspecified atom stereocenters. The van der Waals surface area contributed by atoms with Gasteiger partial charge >= 0.3 is 0 Å². The third-order valence-electron chi connectivity index (χ3n) is 5.20. The topological polar surface area (TPSA) is 111 Å². The van der Waals surface area contributed by atoms with Gasteiger partial charge in [0.15, 0.2) is 0 Å². The zero-order valence-electron chi connectivity index (χ0n) is 19.0. The van der Waals surface area contributed by atoms with Crippen molar-refractivity contribution < 1.29 is 14.5 Å². The molecule has 0 atom stereocenters. The molecule has 4 aromatic rings. The fourth-order valence-electron chi connectivity index (χ4n) is 3.55. The van der Waals surface area contributed by atoms with Crippen molar-refractivity contribution in [2.45, 2.75) is 13.8 Å². The van der Waals surface area contributed by atoms with Crippen LogP contribution in [0.3, 0.4) is 0 Å². The Labute approximate surface area is 201 Å². The number of nitro benzene ring substituents is 1. The number of hydrogen-bond donors (Lipinski definition) is 0. The summed E-state index contributed by atoms with van der Waals surface area (Å²) >= 11 is 0. The first-order chi connectivity index (χ1) is 16.8. The number of aromatic nitrogens is 2. The highest BCUT2D eigenvalue weighted by Crippen LogP contribution is 2.27. The number of rotatable bonds is 6. The number of anilines is 1. The second-order valence-corrected chi connectivity index (χ2v) is 7.68. The maximum absolute atomic E-state index is 12.2. The minimum absolute atomic E-state index is 0.0221. The third-order valence-corrected chi connectivity index (χ3v) is 5.20. The molecule has 0 saturated carbocycles. The van der Waals surface area contributed by atoms with Crippen molar-refractivity contribution in [3.63, 3.8) is 0 Å². The van der Waals surface area contributed by atoms with E-state index in [2.05, 4.69) is 10.1 Å². The molecule has 1 aromatic heterocycles. The van der Waals surface area contributed by atoms with E-state index in [-0.39, 0.29) is 11.6 Å². The molecule has 0 fully saturated rings. The van der Waals surface area contributed by atoms with Gasteiger partial charge in [0, 0.05) is 37.1 Å². The van der Waals surface area contributed by atoms with Gasteiger partial charge in [-0.1, -0.05) is 66.7 Å². The third kappa shape index (κ3) is 5.19. The second kappa shape index (κ2) is 9.92. The Balaban J connectivity index is 1.74. The van der Waals surface area contributed by atoms with Gasteiger partial charge in [-0.25, -0.2) is 14.6 Å². The average Bonchev–Trinajstić information content (AvgIpc) is 3.26. The molecule has 0 radical (unpaired) electrons. The van der Waals surface area contributed by atoms with Crippen LogP contribution in [0.4, 0.5) is 11.6 Å². The molecule has 1 heterocycles. The minimum atomic E-state index is -0.513. The van der Waals surface area contributed by atoms with Crippen molar-refractivity contribution in [2.75, 3.05) is 4.90 Å². The lowest BCUT2D eigenvalue weighted by Gasteiger charge is -2.15. The normalized spacial score (nSPS) is 10.9. The molecule has 9 heteroatoms. The lowest BCUT2D eigenvalue weighted by atomic mass is 10.0. The largest absolute Gasteiger partial charge is 0.274 e. The molecule has 0 aliphatic heterocycles. The number of carbonyl (C=O) groups is 2. The van der Waals surface area contributed by atoms with E-state index in [1.54, 1.807) is 18.3 Å². The smallest absolute Gasteiger partial charge is 0.270 e. The summed E-state index contributed by atoms with van der Waals surface area (Å²) in [5.74, 6) is -1.00. The summed E-state index contributed by atoms with van der Waals surface area (Å²) in [5.41, 5.74) is 3.78. The van der Waals surface area contributed by atoms with Gasteiger partial charge in [0.2, 0.25) is 17.8 Å². The van der Waals surface area contributed by atoms with Gasteiger partial charge in [-0.3, -0.25) is 19.7 Å². The standard InChI is InChI=1S/C26H21N5O4/c1-18(32)30(19(2)33)26-28-25(23-13-11-22(12-14-23)21-8-4-3-5-9-21)17-29(26)27-16-20-7-6-10-24(15-20)31(34)35/h3-17H,1-2H3. The molecule has 0 aliphatic rings. The van der Waals surface area contributed by atoms with Gasteiger partial charge in [0.1, 0.15) is 0 Å². The Morgan fingerprint density at radius 2 is 1.54 bits per heavy atom. The molecule has 3 aromatic carbocycles. The van der Waals surface area contributed by atoms with Gasteiger partial charge in [-0.2, -0.15) is 5.10 Å². The number of nitro groups is 1.